The molecule has 0 spiro atoms. The number of halogens is 1. The normalized spacial score (nSPS) is 19.0. The van der Waals surface area contributed by atoms with Crippen LogP contribution in [0.2, 0.25) is 0 Å². The second-order valence-electron chi connectivity index (χ2n) is 6.03. The van der Waals surface area contributed by atoms with Crippen molar-refractivity contribution in [2.24, 2.45) is 5.41 Å². The molecule has 1 aromatic carbocycles. The lowest BCUT2D eigenvalue weighted by atomic mass is 9.74. The molecule has 21 heavy (non-hydrogen) atoms. The summed E-state index contributed by atoms with van der Waals surface area (Å²) < 4.78 is 1.06. The zero-order valence-electron chi connectivity index (χ0n) is 12.9. The number of piperidine rings is 1. The van der Waals surface area contributed by atoms with Gasteiger partial charge in [0, 0.05) is 4.47 Å². The lowest BCUT2D eigenvalue weighted by Gasteiger charge is -2.37. The van der Waals surface area contributed by atoms with E-state index in [4.69, 9.17) is 0 Å². The van der Waals surface area contributed by atoms with Crippen LogP contribution in [0.1, 0.15) is 51.1 Å². The Labute approximate surface area is 136 Å². The van der Waals surface area contributed by atoms with Crippen molar-refractivity contribution in [2.45, 2.75) is 45.6 Å². The third kappa shape index (κ3) is 4.07. The SMILES string of the molecule is CCCC1(C(=O)N[C@H](C)c2ccc(Br)cc2)CCNCC1. The molecule has 0 aromatic heterocycles. The Morgan fingerprint density at radius 1 is 1.33 bits per heavy atom. The maximum Gasteiger partial charge on any atom is 0.226 e. The average molecular weight is 353 g/mol. The highest BCUT2D eigenvalue weighted by molar-refractivity contribution is 9.10. The predicted octanol–water partition coefficient (Wildman–Crippen LogP) is 3.80. The maximum absolute atomic E-state index is 12.8. The number of carbonyl (C=O) groups is 1. The second kappa shape index (κ2) is 7.41. The fourth-order valence-electron chi connectivity index (χ4n) is 3.16. The largest absolute Gasteiger partial charge is 0.349 e. The van der Waals surface area contributed by atoms with Gasteiger partial charge in [-0.15, -0.1) is 0 Å². The smallest absolute Gasteiger partial charge is 0.226 e. The van der Waals surface area contributed by atoms with Gasteiger partial charge in [-0.05, 0) is 57.0 Å². The molecule has 1 aliphatic rings. The molecule has 2 N–H and O–H groups in total. The van der Waals surface area contributed by atoms with E-state index >= 15 is 0 Å². The van der Waals surface area contributed by atoms with Crippen molar-refractivity contribution in [2.75, 3.05) is 13.1 Å². The second-order valence-corrected chi connectivity index (χ2v) is 6.94. The highest BCUT2D eigenvalue weighted by Gasteiger charge is 2.38. The first-order chi connectivity index (χ1) is 10.1. The van der Waals surface area contributed by atoms with E-state index in [-0.39, 0.29) is 17.4 Å². The average Bonchev–Trinajstić information content (AvgIpc) is 2.49. The Hall–Kier alpha value is -0.870. The monoisotopic (exact) mass is 352 g/mol. The van der Waals surface area contributed by atoms with Crippen LogP contribution in [-0.2, 0) is 4.79 Å². The van der Waals surface area contributed by atoms with E-state index in [1.807, 2.05) is 12.1 Å². The molecule has 0 bridgehead atoms. The zero-order valence-corrected chi connectivity index (χ0v) is 14.5. The molecule has 1 heterocycles. The number of carbonyl (C=O) groups excluding carboxylic acids is 1. The molecule has 1 fully saturated rings. The van der Waals surface area contributed by atoms with Gasteiger partial charge in [0.2, 0.25) is 5.91 Å². The van der Waals surface area contributed by atoms with Crippen LogP contribution in [0, 0.1) is 5.41 Å². The minimum absolute atomic E-state index is 0.0502. The summed E-state index contributed by atoms with van der Waals surface area (Å²) in [4.78, 5) is 12.8. The first kappa shape index (κ1) is 16.5. The van der Waals surface area contributed by atoms with Gasteiger partial charge in [0.1, 0.15) is 0 Å². The summed E-state index contributed by atoms with van der Waals surface area (Å²) in [6.07, 6.45) is 3.92. The molecule has 116 valence electrons. The van der Waals surface area contributed by atoms with E-state index in [2.05, 4.69) is 52.5 Å². The first-order valence-corrected chi connectivity index (χ1v) is 8.64. The molecule has 0 radical (unpaired) electrons. The van der Waals surface area contributed by atoms with E-state index in [9.17, 15) is 4.79 Å². The summed E-state index contributed by atoms with van der Waals surface area (Å²) in [5.41, 5.74) is 0.969. The van der Waals surface area contributed by atoms with E-state index < -0.39 is 0 Å². The van der Waals surface area contributed by atoms with E-state index in [1.165, 1.54) is 0 Å². The van der Waals surface area contributed by atoms with Crippen LogP contribution in [0.3, 0.4) is 0 Å². The van der Waals surface area contributed by atoms with Crippen molar-refractivity contribution in [3.8, 4) is 0 Å². The predicted molar refractivity (Wildman–Crippen MR) is 90.1 cm³/mol. The molecule has 3 nitrogen and oxygen atoms in total. The maximum atomic E-state index is 12.8. The Morgan fingerprint density at radius 2 is 1.95 bits per heavy atom. The van der Waals surface area contributed by atoms with E-state index in [0.29, 0.717) is 0 Å². The Balaban J connectivity index is 2.05. The van der Waals surface area contributed by atoms with Gasteiger partial charge in [-0.2, -0.15) is 0 Å². The van der Waals surface area contributed by atoms with E-state index in [0.717, 1.165) is 48.8 Å². The quantitative estimate of drug-likeness (QED) is 0.846. The number of hydrogen-bond donors (Lipinski definition) is 2. The van der Waals surface area contributed by atoms with Gasteiger partial charge in [-0.1, -0.05) is 41.4 Å². The van der Waals surface area contributed by atoms with Crippen LogP contribution >= 0.6 is 15.9 Å². The highest BCUT2D eigenvalue weighted by Crippen LogP contribution is 2.35. The molecule has 1 aromatic rings. The van der Waals surface area contributed by atoms with Crippen LogP contribution in [0.4, 0.5) is 0 Å². The van der Waals surface area contributed by atoms with E-state index in [1.54, 1.807) is 0 Å². The number of nitrogens with one attached hydrogen (secondary N) is 2. The van der Waals surface area contributed by atoms with Crippen LogP contribution in [0.5, 0.6) is 0 Å². The van der Waals surface area contributed by atoms with Gasteiger partial charge in [0.15, 0.2) is 0 Å². The molecule has 1 aliphatic heterocycles. The van der Waals surface area contributed by atoms with Gasteiger partial charge in [0.25, 0.3) is 0 Å². The standard InChI is InChI=1S/C17H25BrN2O/c1-3-8-17(9-11-19-12-10-17)16(21)20-13(2)14-4-6-15(18)7-5-14/h4-7,13,19H,3,8-12H2,1-2H3,(H,20,21)/t13-/m1/s1. The Morgan fingerprint density at radius 3 is 2.52 bits per heavy atom. The number of amides is 1. The Bertz CT molecular complexity index is 461. The molecule has 1 saturated heterocycles. The lowest BCUT2D eigenvalue weighted by molar-refractivity contribution is -0.133. The van der Waals surface area contributed by atoms with Gasteiger partial charge >= 0.3 is 0 Å². The zero-order chi connectivity index (χ0) is 15.3. The van der Waals surface area contributed by atoms with Gasteiger partial charge in [-0.3, -0.25) is 4.79 Å². The minimum Gasteiger partial charge on any atom is -0.349 e. The molecule has 4 heteroatoms. The van der Waals surface area contributed by atoms with Crippen LogP contribution in [0.25, 0.3) is 0 Å². The summed E-state index contributed by atoms with van der Waals surface area (Å²) in [7, 11) is 0. The number of hydrogen-bond acceptors (Lipinski definition) is 2. The molecule has 2 rings (SSSR count). The Kier molecular flexibility index (Phi) is 5.82. The molecular weight excluding hydrogens is 328 g/mol. The van der Waals surface area contributed by atoms with Gasteiger partial charge in [0.05, 0.1) is 11.5 Å². The third-order valence-corrected chi connectivity index (χ3v) is 5.02. The lowest BCUT2D eigenvalue weighted by Crippen LogP contribution is -2.48. The molecule has 0 saturated carbocycles. The van der Waals surface area contributed by atoms with Crippen molar-refractivity contribution in [3.63, 3.8) is 0 Å². The molecular formula is C17H25BrN2O. The molecule has 0 aliphatic carbocycles. The van der Waals surface area contributed by atoms with Crippen molar-refractivity contribution < 1.29 is 4.79 Å². The summed E-state index contributed by atoms with van der Waals surface area (Å²) in [6.45, 7) is 6.11. The highest BCUT2D eigenvalue weighted by atomic mass is 79.9. The van der Waals surface area contributed by atoms with Crippen molar-refractivity contribution in [1.29, 1.82) is 0 Å². The summed E-state index contributed by atoms with van der Waals surface area (Å²) >= 11 is 3.44. The third-order valence-electron chi connectivity index (χ3n) is 4.49. The van der Waals surface area contributed by atoms with Crippen LogP contribution < -0.4 is 10.6 Å². The van der Waals surface area contributed by atoms with Gasteiger partial charge < -0.3 is 10.6 Å². The topological polar surface area (TPSA) is 41.1 Å². The summed E-state index contributed by atoms with van der Waals surface area (Å²) in [6, 6.07) is 8.21. The molecule has 0 unspecified atom stereocenters. The van der Waals surface area contributed by atoms with Gasteiger partial charge in [-0.25, -0.2) is 0 Å². The summed E-state index contributed by atoms with van der Waals surface area (Å²) in [5, 5.41) is 6.59. The number of benzene rings is 1. The van der Waals surface area contributed by atoms with Crippen molar-refractivity contribution in [3.05, 3.63) is 34.3 Å². The molecule has 1 atom stereocenters. The number of rotatable bonds is 5. The van der Waals surface area contributed by atoms with Crippen molar-refractivity contribution in [1.82, 2.24) is 10.6 Å². The summed E-state index contributed by atoms with van der Waals surface area (Å²) in [5.74, 6) is 0.223. The van der Waals surface area contributed by atoms with Crippen LogP contribution in [0.15, 0.2) is 28.7 Å². The fourth-order valence-corrected chi connectivity index (χ4v) is 3.42. The van der Waals surface area contributed by atoms with Crippen LogP contribution in [-0.4, -0.2) is 19.0 Å². The minimum atomic E-state index is -0.177. The first-order valence-electron chi connectivity index (χ1n) is 7.84. The van der Waals surface area contributed by atoms with Crippen molar-refractivity contribution >= 4 is 21.8 Å². The molecule has 1 amide bonds. The fraction of sp³-hybridized carbons (Fsp3) is 0.588.